The van der Waals surface area contributed by atoms with Crippen LogP contribution < -0.4 is 0 Å². The molecule has 0 aliphatic carbocycles. The van der Waals surface area contributed by atoms with Crippen molar-refractivity contribution in [1.29, 1.82) is 0 Å². The zero-order valence-corrected chi connectivity index (χ0v) is 11.2. The number of aromatic nitrogens is 2. The van der Waals surface area contributed by atoms with Crippen LogP contribution in [-0.4, -0.2) is 22.4 Å². The van der Waals surface area contributed by atoms with E-state index in [0.29, 0.717) is 6.61 Å². The van der Waals surface area contributed by atoms with Crippen LogP contribution in [0.5, 0.6) is 0 Å². The smallest absolute Gasteiger partial charge is 0.327 e. The number of hydrogen-bond donors (Lipinski definition) is 0. The predicted molar refractivity (Wildman–Crippen MR) is 66.8 cm³/mol. The summed E-state index contributed by atoms with van der Waals surface area (Å²) >= 11 is 0. The standard InChI is InChI=1S/C13H22N2O2/c1-5-6-7-17-12(16)10-15-9-11(8-14-15)13(2,3)4/h8-9H,5-7,10H2,1-4H3. The fourth-order valence-corrected chi connectivity index (χ4v) is 1.35. The zero-order valence-electron chi connectivity index (χ0n) is 11.2. The number of nitrogens with zero attached hydrogens (tertiary/aromatic N) is 2. The molecule has 0 saturated heterocycles. The van der Waals surface area contributed by atoms with E-state index in [2.05, 4.69) is 32.8 Å². The van der Waals surface area contributed by atoms with Gasteiger partial charge in [0.25, 0.3) is 0 Å². The van der Waals surface area contributed by atoms with E-state index in [-0.39, 0.29) is 17.9 Å². The minimum Gasteiger partial charge on any atom is -0.464 e. The summed E-state index contributed by atoms with van der Waals surface area (Å²) in [6.45, 7) is 9.12. The molecule has 1 aromatic heterocycles. The van der Waals surface area contributed by atoms with Crippen LogP contribution in [0, 0.1) is 0 Å². The molecule has 0 radical (unpaired) electrons. The van der Waals surface area contributed by atoms with Gasteiger partial charge in [0.05, 0.1) is 12.8 Å². The van der Waals surface area contributed by atoms with Crippen molar-refractivity contribution in [3.05, 3.63) is 18.0 Å². The third kappa shape index (κ3) is 4.59. The molecule has 17 heavy (non-hydrogen) atoms. The van der Waals surface area contributed by atoms with Gasteiger partial charge in [0.2, 0.25) is 0 Å². The van der Waals surface area contributed by atoms with E-state index >= 15 is 0 Å². The Hall–Kier alpha value is -1.32. The first-order chi connectivity index (χ1) is 7.93. The van der Waals surface area contributed by atoms with Crippen LogP contribution in [0.4, 0.5) is 0 Å². The highest BCUT2D eigenvalue weighted by atomic mass is 16.5. The Morgan fingerprint density at radius 3 is 2.71 bits per heavy atom. The molecule has 0 unspecified atom stereocenters. The van der Waals surface area contributed by atoms with Gasteiger partial charge in [-0.05, 0) is 17.4 Å². The molecule has 0 bridgehead atoms. The number of carbonyl (C=O) groups excluding carboxylic acids is 1. The maximum atomic E-state index is 11.5. The maximum absolute atomic E-state index is 11.5. The van der Waals surface area contributed by atoms with E-state index in [1.165, 1.54) is 0 Å². The summed E-state index contributed by atoms with van der Waals surface area (Å²) in [6, 6.07) is 0. The van der Waals surface area contributed by atoms with Crippen molar-refractivity contribution < 1.29 is 9.53 Å². The second-order valence-corrected chi connectivity index (χ2v) is 5.25. The van der Waals surface area contributed by atoms with Crippen LogP contribution in [0.3, 0.4) is 0 Å². The Morgan fingerprint density at radius 2 is 2.18 bits per heavy atom. The van der Waals surface area contributed by atoms with E-state index in [9.17, 15) is 4.79 Å². The predicted octanol–water partition coefficient (Wildman–Crippen LogP) is 2.52. The monoisotopic (exact) mass is 238 g/mol. The molecular formula is C13H22N2O2. The Balaban J connectivity index is 2.46. The minimum absolute atomic E-state index is 0.0599. The lowest BCUT2D eigenvalue weighted by Crippen LogP contribution is -2.15. The van der Waals surface area contributed by atoms with Gasteiger partial charge in [0.1, 0.15) is 6.54 Å². The highest BCUT2D eigenvalue weighted by molar-refractivity contribution is 5.69. The molecule has 1 rings (SSSR count). The Bertz CT molecular complexity index is 364. The molecule has 4 nitrogen and oxygen atoms in total. The van der Waals surface area contributed by atoms with Gasteiger partial charge in [-0.3, -0.25) is 9.48 Å². The quantitative estimate of drug-likeness (QED) is 0.585. The molecule has 0 N–H and O–H groups in total. The van der Waals surface area contributed by atoms with Gasteiger partial charge in [0, 0.05) is 6.20 Å². The van der Waals surface area contributed by atoms with Crippen molar-refractivity contribution in [2.75, 3.05) is 6.61 Å². The van der Waals surface area contributed by atoms with E-state index < -0.39 is 0 Å². The maximum Gasteiger partial charge on any atom is 0.327 e. The summed E-state index contributed by atoms with van der Waals surface area (Å²) in [5.74, 6) is -0.220. The summed E-state index contributed by atoms with van der Waals surface area (Å²) < 4.78 is 6.72. The molecule has 0 atom stereocenters. The first-order valence-electron chi connectivity index (χ1n) is 6.12. The van der Waals surface area contributed by atoms with Crippen LogP contribution in [0.1, 0.15) is 46.1 Å². The van der Waals surface area contributed by atoms with Crippen LogP contribution >= 0.6 is 0 Å². The molecule has 1 heterocycles. The first-order valence-corrected chi connectivity index (χ1v) is 6.12. The van der Waals surface area contributed by atoms with Crippen molar-refractivity contribution in [2.45, 2.75) is 52.5 Å². The fourth-order valence-electron chi connectivity index (χ4n) is 1.35. The van der Waals surface area contributed by atoms with Crippen LogP contribution in [0.2, 0.25) is 0 Å². The van der Waals surface area contributed by atoms with Gasteiger partial charge in [-0.15, -0.1) is 0 Å². The molecule has 0 saturated carbocycles. The first kappa shape index (κ1) is 13.7. The topological polar surface area (TPSA) is 44.1 Å². The van der Waals surface area contributed by atoms with E-state index in [0.717, 1.165) is 18.4 Å². The summed E-state index contributed by atoms with van der Waals surface area (Å²) in [5, 5.41) is 4.17. The molecule has 0 aromatic carbocycles. The summed E-state index contributed by atoms with van der Waals surface area (Å²) in [6.07, 6.45) is 5.65. The zero-order chi connectivity index (χ0) is 12.9. The van der Waals surface area contributed by atoms with Gasteiger partial charge < -0.3 is 4.74 Å². The highest BCUT2D eigenvalue weighted by Gasteiger charge is 2.16. The molecule has 0 fully saturated rings. The number of hydrogen-bond acceptors (Lipinski definition) is 3. The molecule has 0 aliphatic rings. The Labute approximate surface area is 103 Å². The number of rotatable bonds is 5. The third-order valence-corrected chi connectivity index (χ3v) is 2.55. The Morgan fingerprint density at radius 1 is 1.47 bits per heavy atom. The number of carbonyl (C=O) groups is 1. The van der Waals surface area contributed by atoms with Crippen LogP contribution in [0.15, 0.2) is 12.4 Å². The molecular weight excluding hydrogens is 216 g/mol. The second-order valence-electron chi connectivity index (χ2n) is 5.25. The second kappa shape index (κ2) is 5.84. The summed E-state index contributed by atoms with van der Waals surface area (Å²) in [7, 11) is 0. The van der Waals surface area contributed by atoms with Gasteiger partial charge in [-0.25, -0.2) is 0 Å². The normalized spacial score (nSPS) is 11.5. The third-order valence-electron chi connectivity index (χ3n) is 2.55. The van der Waals surface area contributed by atoms with Crippen LogP contribution in [-0.2, 0) is 21.5 Å². The fraction of sp³-hybridized carbons (Fsp3) is 0.692. The van der Waals surface area contributed by atoms with E-state index in [1.807, 2.05) is 6.20 Å². The minimum atomic E-state index is -0.220. The molecule has 4 heteroatoms. The molecule has 0 amide bonds. The number of ether oxygens (including phenoxy) is 1. The summed E-state index contributed by atoms with van der Waals surface area (Å²) in [5.41, 5.74) is 1.18. The lowest BCUT2D eigenvalue weighted by Gasteiger charge is -2.14. The van der Waals surface area contributed by atoms with Crippen molar-refractivity contribution in [3.8, 4) is 0 Å². The van der Waals surface area contributed by atoms with Gasteiger partial charge in [0.15, 0.2) is 0 Å². The van der Waals surface area contributed by atoms with Crippen molar-refractivity contribution >= 4 is 5.97 Å². The Kier molecular flexibility index (Phi) is 4.73. The lowest BCUT2D eigenvalue weighted by atomic mass is 9.90. The van der Waals surface area contributed by atoms with Crippen molar-refractivity contribution in [1.82, 2.24) is 9.78 Å². The van der Waals surface area contributed by atoms with Gasteiger partial charge >= 0.3 is 5.97 Å². The molecule has 96 valence electrons. The number of unbranched alkanes of at least 4 members (excludes halogenated alkanes) is 1. The average Bonchev–Trinajstić information content (AvgIpc) is 2.66. The average molecular weight is 238 g/mol. The summed E-state index contributed by atoms with van der Waals surface area (Å²) in [4.78, 5) is 11.5. The largest absolute Gasteiger partial charge is 0.464 e. The van der Waals surface area contributed by atoms with Gasteiger partial charge in [-0.1, -0.05) is 34.1 Å². The molecule has 0 aliphatic heterocycles. The van der Waals surface area contributed by atoms with Gasteiger partial charge in [-0.2, -0.15) is 5.10 Å². The van der Waals surface area contributed by atoms with E-state index in [1.54, 1.807) is 10.9 Å². The molecule has 1 aromatic rings. The molecule has 0 spiro atoms. The van der Waals surface area contributed by atoms with Crippen molar-refractivity contribution in [3.63, 3.8) is 0 Å². The van der Waals surface area contributed by atoms with Crippen LogP contribution in [0.25, 0.3) is 0 Å². The SMILES string of the molecule is CCCCOC(=O)Cn1cc(C(C)(C)C)cn1. The highest BCUT2D eigenvalue weighted by Crippen LogP contribution is 2.20. The lowest BCUT2D eigenvalue weighted by molar-refractivity contribution is -0.144. The van der Waals surface area contributed by atoms with E-state index in [4.69, 9.17) is 4.74 Å². The number of esters is 1. The van der Waals surface area contributed by atoms with Crippen molar-refractivity contribution in [2.24, 2.45) is 0 Å².